The molecule has 0 radical (unpaired) electrons. The molecule has 0 aliphatic rings. The largest absolute Gasteiger partial charge is 0.316 e. The molecule has 2 heteroatoms. The molecule has 0 spiro atoms. The van der Waals surface area contributed by atoms with Crippen molar-refractivity contribution in [2.75, 3.05) is 24.6 Å². The summed E-state index contributed by atoms with van der Waals surface area (Å²) in [7, 11) is 0. The highest BCUT2D eigenvalue weighted by atomic mass is 32.2. The van der Waals surface area contributed by atoms with E-state index in [0.717, 1.165) is 24.6 Å². The van der Waals surface area contributed by atoms with Gasteiger partial charge in [0.05, 0.1) is 5.75 Å². The minimum atomic E-state index is 0.843. The maximum Gasteiger partial charge on any atom is 0.0545 e. The Morgan fingerprint density at radius 1 is 1.45 bits per heavy atom. The molecule has 0 rings (SSSR count). The van der Waals surface area contributed by atoms with Crippen LogP contribution in [-0.2, 0) is 0 Å². The first-order valence-electron chi connectivity index (χ1n) is 4.13. The van der Waals surface area contributed by atoms with Gasteiger partial charge in [0, 0.05) is 12.3 Å². The summed E-state index contributed by atoms with van der Waals surface area (Å²) in [6.45, 7) is 4.44. The van der Waals surface area contributed by atoms with Gasteiger partial charge >= 0.3 is 0 Å². The molecule has 0 aromatic heterocycles. The highest BCUT2D eigenvalue weighted by molar-refractivity contribution is 7.99. The summed E-state index contributed by atoms with van der Waals surface area (Å²) >= 11 is 1.81. The van der Waals surface area contributed by atoms with Gasteiger partial charge in [0.25, 0.3) is 0 Å². The average molecular weight is 171 g/mol. The molecule has 0 atom stereocenters. The first-order valence-corrected chi connectivity index (χ1v) is 5.29. The maximum atomic E-state index is 5.10. The van der Waals surface area contributed by atoms with Gasteiger partial charge in [-0.3, -0.25) is 0 Å². The molecule has 0 saturated heterocycles. The third-order valence-electron chi connectivity index (χ3n) is 1.32. The molecule has 0 amide bonds. The molecule has 0 bridgehead atoms. The molecule has 64 valence electrons. The zero-order valence-corrected chi connectivity index (χ0v) is 8.04. The lowest BCUT2D eigenvalue weighted by atomic mass is 10.3. The van der Waals surface area contributed by atoms with Gasteiger partial charge in [0.1, 0.15) is 0 Å². The highest BCUT2D eigenvalue weighted by Crippen LogP contribution is 1.95. The van der Waals surface area contributed by atoms with Crippen LogP contribution < -0.4 is 5.32 Å². The number of hydrogen-bond acceptors (Lipinski definition) is 2. The monoisotopic (exact) mass is 171 g/mol. The Morgan fingerprint density at radius 3 is 2.91 bits per heavy atom. The van der Waals surface area contributed by atoms with Gasteiger partial charge in [-0.2, -0.15) is 0 Å². The van der Waals surface area contributed by atoms with Crippen LogP contribution in [0.4, 0.5) is 0 Å². The Labute approximate surface area is 74.3 Å². The summed E-state index contributed by atoms with van der Waals surface area (Å²) in [6, 6.07) is 0. The van der Waals surface area contributed by atoms with Crippen molar-refractivity contribution in [1.82, 2.24) is 5.32 Å². The second-order valence-electron chi connectivity index (χ2n) is 2.36. The van der Waals surface area contributed by atoms with Crippen LogP contribution in [0.3, 0.4) is 0 Å². The molecule has 0 aliphatic heterocycles. The molecule has 0 fully saturated rings. The number of nitrogens with one attached hydrogen (secondary N) is 1. The van der Waals surface area contributed by atoms with Crippen LogP contribution in [0.5, 0.6) is 0 Å². The van der Waals surface area contributed by atoms with Gasteiger partial charge in [-0.1, -0.05) is 19.3 Å². The maximum absolute atomic E-state index is 5.10. The van der Waals surface area contributed by atoms with Crippen LogP contribution in [0.1, 0.15) is 19.8 Å². The molecule has 0 saturated carbocycles. The van der Waals surface area contributed by atoms with E-state index < -0.39 is 0 Å². The van der Waals surface area contributed by atoms with Crippen molar-refractivity contribution in [3.63, 3.8) is 0 Å². The Balaban J connectivity index is 2.75. The lowest BCUT2D eigenvalue weighted by Gasteiger charge is -2.01. The molecule has 11 heavy (non-hydrogen) atoms. The third-order valence-corrected chi connectivity index (χ3v) is 2.18. The van der Waals surface area contributed by atoms with E-state index in [1.54, 1.807) is 0 Å². The summed E-state index contributed by atoms with van der Waals surface area (Å²) < 4.78 is 0. The van der Waals surface area contributed by atoms with E-state index in [-0.39, 0.29) is 0 Å². The van der Waals surface area contributed by atoms with E-state index in [0.29, 0.717) is 0 Å². The summed E-state index contributed by atoms with van der Waals surface area (Å²) in [5.74, 6) is 4.58. The fraction of sp³-hybridized carbons (Fsp3) is 0.778. The van der Waals surface area contributed by atoms with E-state index in [4.69, 9.17) is 6.42 Å². The molecule has 0 aliphatic carbocycles. The normalized spacial score (nSPS) is 9.45. The average Bonchev–Trinajstić information content (AvgIpc) is 2.03. The van der Waals surface area contributed by atoms with E-state index in [9.17, 15) is 0 Å². The molecule has 1 nitrogen and oxygen atoms in total. The molecule has 1 N–H and O–H groups in total. The lowest BCUT2D eigenvalue weighted by molar-refractivity contribution is 0.666. The highest BCUT2D eigenvalue weighted by Gasteiger charge is 1.86. The van der Waals surface area contributed by atoms with Gasteiger partial charge in [0.15, 0.2) is 0 Å². The van der Waals surface area contributed by atoms with Gasteiger partial charge in [-0.05, 0) is 13.0 Å². The standard InChI is InChI=1S/C9H17NS/c1-3-5-6-10-7-9-11-8-4-2/h2,10H,3,5-9H2,1H3. The number of hydrogen-bond donors (Lipinski definition) is 1. The second-order valence-corrected chi connectivity index (χ2v) is 3.47. The Bertz CT molecular complexity index is 107. The Kier molecular flexibility index (Phi) is 9.75. The van der Waals surface area contributed by atoms with Crippen LogP contribution in [-0.4, -0.2) is 24.6 Å². The quantitative estimate of drug-likeness (QED) is 0.462. The second kappa shape index (κ2) is 9.87. The summed E-state index contributed by atoms with van der Waals surface area (Å²) in [5, 5.41) is 3.36. The predicted molar refractivity (Wildman–Crippen MR) is 53.9 cm³/mol. The lowest BCUT2D eigenvalue weighted by Crippen LogP contribution is -2.18. The number of unbranched alkanes of at least 4 members (excludes halogenated alkanes) is 1. The van der Waals surface area contributed by atoms with Crippen molar-refractivity contribution in [2.45, 2.75) is 19.8 Å². The summed E-state index contributed by atoms with van der Waals surface area (Å²) in [5.41, 5.74) is 0. The van der Waals surface area contributed by atoms with E-state index in [2.05, 4.69) is 18.2 Å². The first kappa shape index (κ1) is 10.9. The van der Waals surface area contributed by atoms with Gasteiger partial charge in [0.2, 0.25) is 0 Å². The predicted octanol–water partition coefficient (Wildman–Crippen LogP) is 1.74. The van der Waals surface area contributed by atoms with Crippen LogP contribution in [0.25, 0.3) is 0 Å². The van der Waals surface area contributed by atoms with E-state index in [1.165, 1.54) is 12.8 Å². The molecular weight excluding hydrogens is 154 g/mol. The van der Waals surface area contributed by atoms with E-state index >= 15 is 0 Å². The topological polar surface area (TPSA) is 12.0 Å². The fourth-order valence-electron chi connectivity index (χ4n) is 0.702. The van der Waals surface area contributed by atoms with Crippen molar-refractivity contribution in [2.24, 2.45) is 0 Å². The third kappa shape index (κ3) is 9.87. The van der Waals surface area contributed by atoms with Crippen LogP contribution >= 0.6 is 11.8 Å². The van der Waals surface area contributed by atoms with Gasteiger partial charge in [-0.15, -0.1) is 18.2 Å². The zero-order valence-electron chi connectivity index (χ0n) is 7.23. The zero-order chi connectivity index (χ0) is 8.36. The first-order chi connectivity index (χ1) is 5.41. The molecule has 0 heterocycles. The van der Waals surface area contributed by atoms with Crippen LogP contribution in [0.2, 0.25) is 0 Å². The number of terminal acetylenes is 1. The van der Waals surface area contributed by atoms with E-state index in [1.807, 2.05) is 11.8 Å². The smallest absolute Gasteiger partial charge is 0.0545 e. The van der Waals surface area contributed by atoms with Crippen LogP contribution in [0.15, 0.2) is 0 Å². The SMILES string of the molecule is C#CCSCCNCCCC. The summed E-state index contributed by atoms with van der Waals surface area (Å²) in [4.78, 5) is 0. The van der Waals surface area contributed by atoms with Crippen molar-refractivity contribution in [3.05, 3.63) is 0 Å². The van der Waals surface area contributed by atoms with Crippen molar-refractivity contribution >= 4 is 11.8 Å². The van der Waals surface area contributed by atoms with Gasteiger partial charge < -0.3 is 5.32 Å². The minimum absolute atomic E-state index is 0.843. The Hall–Kier alpha value is -0.130. The van der Waals surface area contributed by atoms with Crippen molar-refractivity contribution in [1.29, 1.82) is 0 Å². The molecule has 0 unspecified atom stereocenters. The number of thioether (sulfide) groups is 1. The molecular formula is C9H17NS. The molecule has 0 aromatic carbocycles. The Morgan fingerprint density at radius 2 is 2.27 bits per heavy atom. The number of rotatable bonds is 7. The van der Waals surface area contributed by atoms with Crippen LogP contribution in [0, 0.1) is 12.3 Å². The van der Waals surface area contributed by atoms with Gasteiger partial charge in [-0.25, -0.2) is 0 Å². The summed E-state index contributed by atoms with van der Waals surface area (Å²) in [6.07, 6.45) is 7.65. The van der Waals surface area contributed by atoms with Crippen molar-refractivity contribution < 1.29 is 0 Å². The van der Waals surface area contributed by atoms with Crippen molar-refractivity contribution in [3.8, 4) is 12.3 Å². The minimum Gasteiger partial charge on any atom is -0.316 e. The molecule has 0 aromatic rings. The fourth-order valence-corrected chi connectivity index (χ4v) is 1.25.